The summed E-state index contributed by atoms with van der Waals surface area (Å²) in [7, 11) is 0. The largest absolute Gasteiger partial charge is 0.490 e. The molecule has 3 aliphatic rings. The van der Waals surface area contributed by atoms with E-state index in [9.17, 15) is 13.6 Å². The molecule has 2 aromatic heterocycles. The Bertz CT molecular complexity index is 1710. The summed E-state index contributed by atoms with van der Waals surface area (Å²) in [6.45, 7) is 3.04. The molecule has 2 fully saturated rings. The van der Waals surface area contributed by atoms with Crippen molar-refractivity contribution in [2.24, 2.45) is 10.9 Å². The number of halogens is 2. The Kier molecular flexibility index (Phi) is 6.49. The van der Waals surface area contributed by atoms with E-state index in [-0.39, 0.29) is 40.9 Å². The van der Waals surface area contributed by atoms with E-state index in [0.29, 0.717) is 29.3 Å². The van der Waals surface area contributed by atoms with Crippen molar-refractivity contribution < 1.29 is 18.3 Å². The van der Waals surface area contributed by atoms with Crippen LogP contribution in [0.3, 0.4) is 0 Å². The van der Waals surface area contributed by atoms with Gasteiger partial charge in [0, 0.05) is 63.3 Å². The summed E-state index contributed by atoms with van der Waals surface area (Å²) in [6, 6.07) is 10.2. The van der Waals surface area contributed by atoms with Gasteiger partial charge in [0.15, 0.2) is 0 Å². The first-order valence-electron chi connectivity index (χ1n) is 14.1. The van der Waals surface area contributed by atoms with Gasteiger partial charge in [0.1, 0.15) is 23.1 Å². The number of benzene rings is 2. The van der Waals surface area contributed by atoms with Crippen LogP contribution in [0.15, 0.2) is 46.8 Å². The summed E-state index contributed by atoms with van der Waals surface area (Å²) in [5.41, 5.74) is 10.1. The molecule has 1 aliphatic heterocycles. The van der Waals surface area contributed by atoms with Crippen LogP contribution in [-0.4, -0.2) is 36.3 Å². The SMILES string of the molecule is CC1COc2c1cc(C(CNC(=O)c1cc(F)c(N)c(C=NC3CC3)c1)C1CC1)nc2-c1csc2c(F)cccc12. The van der Waals surface area contributed by atoms with Gasteiger partial charge in [-0.05, 0) is 55.9 Å². The Labute approximate surface area is 240 Å². The highest BCUT2D eigenvalue weighted by molar-refractivity contribution is 7.17. The number of carbonyl (C=O) groups excluding carboxylic acids is 1. The Balaban J connectivity index is 1.20. The molecule has 0 bridgehead atoms. The lowest BCUT2D eigenvalue weighted by Gasteiger charge is -2.20. The van der Waals surface area contributed by atoms with Crippen LogP contribution >= 0.6 is 11.3 Å². The van der Waals surface area contributed by atoms with Gasteiger partial charge in [-0.3, -0.25) is 9.79 Å². The minimum atomic E-state index is -0.632. The molecule has 4 aromatic rings. The lowest BCUT2D eigenvalue weighted by Crippen LogP contribution is -2.30. The lowest BCUT2D eigenvalue weighted by molar-refractivity contribution is 0.0949. The molecular weight excluding hydrogens is 542 g/mol. The molecule has 7 rings (SSSR count). The Hall–Kier alpha value is -3.85. The predicted molar refractivity (Wildman–Crippen MR) is 158 cm³/mol. The molecule has 0 spiro atoms. The number of carbonyl (C=O) groups is 1. The van der Waals surface area contributed by atoms with Crippen molar-refractivity contribution in [2.75, 3.05) is 18.9 Å². The number of pyridine rings is 1. The number of aromatic nitrogens is 1. The minimum Gasteiger partial charge on any atom is -0.490 e. The molecular formula is C32H30F2N4O2S. The van der Waals surface area contributed by atoms with Crippen molar-refractivity contribution in [3.05, 3.63) is 75.8 Å². The summed E-state index contributed by atoms with van der Waals surface area (Å²) in [6.07, 6.45) is 5.70. The maximum absolute atomic E-state index is 14.6. The van der Waals surface area contributed by atoms with Crippen LogP contribution in [0.5, 0.6) is 5.75 Å². The lowest BCUT2D eigenvalue weighted by atomic mass is 9.93. The highest BCUT2D eigenvalue weighted by Crippen LogP contribution is 2.48. The Morgan fingerprint density at radius 3 is 2.83 bits per heavy atom. The molecule has 0 radical (unpaired) electrons. The third kappa shape index (κ3) is 4.96. The normalized spacial score (nSPS) is 19.0. The number of thiophene rings is 1. The molecule has 3 heterocycles. The number of hydrogen-bond donors (Lipinski definition) is 2. The van der Waals surface area contributed by atoms with E-state index < -0.39 is 5.82 Å². The number of amides is 1. The zero-order valence-corrected chi connectivity index (χ0v) is 23.4. The van der Waals surface area contributed by atoms with Crippen molar-refractivity contribution in [1.82, 2.24) is 10.3 Å². The minimum absolute atomic E-state index is 0.00569. The van der Waals surface area contributed by atoms with Crippen molar-refractivity contribution in [3.8, 4) is 17.0 Å². The van der Waals surface area contributed by atoms with Crippen molar-refractivity contribution in [1.29, 1.82) is 0 Å². The molecule has 0 saturated heterocycles. The molecule has 2 unspecified atom stereocenters. The number of nitrogen functional groups attached to an aromatic ring is 1. The summed E-state index contributed by atoms with van der Waals surface area (Å²) in [5.74, 6) is 0.0522. The number of nitrogens with two attached hydrogens (primary N) is 1. The monoisotopic (exact) mass is 572 g/mol. The maximum Gasteiger partial charge on any atom is 0.251 e. The number of aliphatic imine (C=N–C) groups is 1. The predicted octanol–water partition coefficient (Wildman–Crippen LogP) is 6.82. The maximum atomic E-state index is 14.6. The van der Waals surface area contributed by atoms with Crippen molar-refractivity contribution in [2.45, 2.75) is 50.5 Å². The fraction of sp³-hybridized carbons (Fsp3) is 0.344. The van der Waals surface area contributed by atoms with Gasteiger partial charge in [-0.1, -0.05) is 19.1 Å². The third-order valence-corrected chi connectivity index (χ3v) is 9.29. The number of anilines is 1. The number of nitrogens with one attached hydrogen (secondary N) is 1. The number of nitrogens with zero attached hydrogens (tertiary/aromatic N) is 2. The van der Waals surface area contributed by atoms with Gasteiger partial charge < -0.3 is 15.8 Å². The van der Waals surface area contributed by atoms with Gasteiger partial charge >= 0.3 is 0 Å². The van der Waals surface area contributed by atoms with Gasteiger partial charge in [0.05, 0.1) is 23.0 Å². The average Bonchev–Trinajstić information content (AvgIpc) is 3.90. The van der Waals surface area contributed by atoms with E-state index in [0.717, 1.165) is 59.3 Å². The highest BCUT2D eigenvalue weighted by Gasteiger charge is 2.36. The van der Waals surface area contributed by atoms with Crippen LogP contribution in [0.2, 0.25) is 0 Å². The first-order chi connectivity index (χ1) is 19.9. The second kappa shape index (κ2) is 10.2. The van der Waals surface area contributed by atoms with Crippen molar-refractivity contribution >= 4 is 39.2 Å². The van der Waals surface area contributed by atoms with Crippen LogP contribution in [0.4, 0.5) is 14.5 Å². The van der Waals surface area contributed by atoms with Crippen LogP contribution in [0, 0.1) is 17.6 Å². The second-order valence-electron chi connectivity index (χ2n) is 11.4. The summed E-state index contributed by atoms with van der Waals surface area (Å²) in [5, 5.41) is 5.79. The molecule has 2 saturated carbocycles. The number of rotatable bonds is 8. The van der Waals surface area contributed by atoms with Crippen LogP contribution in [0.25, 0.3) is 21.3 Å². The Morgan fingerprint density at radius 1 is 1.22 bits per heavy atom. The fourth-order valence-corrected chi connectivity index (χ4v) is 6.53. The first-order valence-corrected chi connectivity index (χ1v) is 15.0. The van der Waals surface area contributed by atoms with Crippen LogP contribution in [-0.2, 0) is 0 Å². The van der Waals surface area contributed by atoms with Crippen LogP contribution in [0.1, 0.15) is 71.6 Å². The molecule has 9 heteroatoms. The molecule has 210 valence electrons. The standard InChI is InChI=1S/C32H30F2N4O2S/c1-16-14-40-30-22(16)11-27(38-29(30)24-15-41-31-21(24)3-2-4-25(31)33)23(17-5-6-17)13-37-32(39)18-9-19(12-36-20-7-8-20)28(35)26(34)10-18/h2-4,9-12,15-17,20,23H,5-8,13-14,35H2,1H3,(H,37,39). The van der Waals surface area contributed by atoms with E-state index in [4.69, 9.17) is 15.5 Å². The van der Waals surface area contributed by atoms with E-state index in [1.807, 2.05) is 11.4 Å². The zero-order chi connectivity index (χ0) is 28.2. The third-order valence-electron chi connectivity index (χ3n) is 8.29. The van der Waals surface area contributed by atoms with Crippen molar-refractivity contribution in [3.63, 3.8) is 0 Å². The molecule has 3 N–H and O–H groups in total. The topological polar surface area (TPSA) is 89.6 Å². The van der Waals surface area contributed by atoms with E-state index in [2.05, 4.69) is 23.3 Å². The molecule has 2 aromatic carbocycles. The highest BCUT2D eigenvalue weighted by atomic mass is 32.1. The zero-order valence-electron chi connectivity index (χ0n) is 22.6. The van der Waals surface area contributed by atoms with Gasteiger partial charge in [-0.15, -0.1) is 11.3 Å². The average molecular weight is 573 g/mol. The fourth-order valence-electron chi connectivity index (χ4n) is 5.57. The summed E-state index contributed by atoms with van der Waals surface area (Å²) >= 11 is 1.36. The quantitative estimate of drug-likeness (QED) is 0.179. The molecule has 2 atom stereocenters. The van der Waals surface area contributed by atoms with E-state index in [1.54, 1.807) is 18.3 Å². The molecule has 6 nitrogen and oxygen atoms in total. The smallest absolute Gasteiger partial charge is 0.251 e. The molecule has 2 aliphatic carbocycles. The van der Waals surface area contributed by atoms with Crippen LogP contribution < -0.4 is 15.8 Å². The van der Waals surface area contributed by atoms with Gasteiger partial charge in [-0.2, -0.15) is 0 Å². The second-order valence-corrected chi connectivity index (χ2v) is 12.3. The number of hydrogen-bond acceptors (Lipinski definition) is 6. The van der Waals surface area contributed by atoms with E-state index in [1.165, 1.54) is 23.5 Å². The first kappa shape index (κ1) is 26.1. The van der Waals surface area contributed by atoms with E-state index >= 15 is 0 Å². The number of ether oxygens (including phenoxy) is 1. The number of fused-ring (bicyclic) bond motifs is 2. The van der Waals surface area contributed by atoms with Gasteiger partial charge in [0.2, 0.25) is 0 Å². The van der Waals surface area contributed by atoms with Gasteiger partial charge in [-0.25, -0.2) is 13.8 Å². The summed E-state index contributed by atoms with van der Waals surface area (Å²) < 4.78 is 35.8. The molecule has 1 amide bonds. The summed E-state index contributed by atoms with van der Waals surface area (Å²) in [4.78, 5) is 22.7. The van der Waals surface area contributed by atoms with Gasteiger partial charge in [0.25, 0.3) is 5.91 Å². The Morgan fingerprint density at radius 2 is 2.05 bits per heavy atom. The molecule has 41 heavy (non-hydrogen) atoms.